The number of hydrogen-bond donors (Lipinski definition) is 2. The fraction of sp³-hybridized carbons (Fsp3) is 0.941. The van der Waals surface area contributed by atoms with Gasteiger partial charge in [0, 0.05) is 19.6 Å². The van der Waals surface area contributed by atoms with Gasteiger partial charge in [0.2, 0.25) is 0 Å². The van der Waals surface area contributed by atoms with Crippen molar-refractivity contribution in [3.8, 4) is 0 Å². The predicted molar refractivity (Wildman–Crippen MR) is 108 cm³/mol. The molecule has 0 aromatic heterocycles. The molecule has 0 bridgehead atoms. The van der Waals surface area contributed by atoms with E-state index in [1.54, 1.807) is 0 Å². The Morgan fingerprint density at radius 1 is 0.955 bits per heavy atom. The molecule has 1 heterocycles. The average Bonchev–Trinajstić information content (AvgIpc) is 3.00. The molecule has 5 heteroatoms. The maximum atomic E-state index is 4.64. The summed E-state index contributed by atoms with van der Waals surface area (Å²) in [5.41, 5.74) is 0. The third kappa shape index (κ3) is 11.5. The fourth-order valence-corrected chi connectivity index (χ4v) is 2.74. The molecular weight excluding hydrogens is 387 g/mol. The minimum Gasteiger partial charge on any atom is -0.357 e. The van der Waals surface area contributed by atoms with E-state index in [-0.39, 0.29) is 24.0 Å². The Hall–Kier alpha value is -0.0400. The zero-order chi connectivity index (χ0) is 15.2. The molecule has 132 valence electrons. The summed E-state index contributed by atoms with van der Waals surface area (Å²) in [4.78, 5) is 7.23. The average molecular weight is 424 g/mol. The highest BCUT2D eigenvalue weighted by Gasteiger charge is 2.09. The number of unbranched alkanes of at least 4 members (excludes halogenated alkanes) is 4. The Kier molecular flexibility index (Phi) is 15.8. The van der Waals surface area contributed by atoms with Crippen LogP contribution < -0.4 is 10.6 Å². The van der Waals surface area contributed by atoms with Crippen LogP contribution in [0.1, 0.15) is 65.2 Å². The van der Waals surface area contributed by atoms with Crippen LogP contribution >= 0.6 is 24.0 Å². The molecule has 0 saturated carbocycles. The molecule has 1 aliphatic heterocycles. The van der Waals surface area contributed by atoms with Gasteiger partial charge in [-0.3, -0.25) is 4.99 Å². The zero-order valence-electron chi connectivity index (χ0n) is 14.7. The van der Waals surface area contributed by atoms with Gasteiger partial charge < -0.3 is 15.5 Å². The van der Waals surface area contributed by atoms with Crippen molar-refractivity contribution in [1.29, 1.82) is 0 Å². The molecule has 0 aromatic rings. The van der Waals surface area contributed by atoms with Crippen LogP contribution in [0.5, 0.6) is 0 Å². The van der Waals surface area contributed by atoms with Crippen molar-refractivity contribution in [2.45, 2.75) is 65.2 Å². The Labute approximate surface area is 154 Å². The molecule has 4 nitrogen and oxygen atoms in total. The van der Waals surface area contributed by atoms with Gasteiger partial charge >= 0.3 is 0 Å². The van der Waals surface area contributed by atoms with Crippen LogP contribution in [0.15, 0.2) is 4.99 Å². The third-order valence-electron chi connectivity index (χ3n) is 4.02. The van der Waals surface area contributed by atoms with Crippen molar-refractivity contribution in [2.75, 3.05) is 39.3 Å². The molecule has 0 unspecified atom stereocenters. The number of halogens is 1. The third-order valence-corrected chi connectivity index (χ3v) is 4.02. The molecular formula is C17H37IN4. The number of nitrogens with zero attached hydrogens (tertiary/aromatic N) is 2. The van der Waals surface area contributed by atoms with E-state index in [1.807, 2.05) is 0 Å². The quantitative estimate of drug-likeness (QED) is 0.230. The molecule has 1 aliphatic rings. The molecule has 22 heavy (non-hydrogen) atoms. The topological polar surface area (TPSA) is 39.7 Å². The number of aliphatic imine (C=N–C) groups is 1. The second-order valence-electron chi connectivity index (χ2n) is 6.00. The van der Waals surface area contributed by atoms with E-state index in [0.29, 0.717) is 0 Å². The molecule has 0 atom stereocenters. The summed E-state index contributed by atoms with van der Waals surface area (Å²) in [5, 5.41) is 6.79. The monoisotopic (exact) mass is 424 g/mol. The van der Waals surface area contributed by atoms with E-state index in [2.05, 4.69) is 34.4 Å². The maximum absolute atomic E-state index is 4.64. The van der Waals surface area contributed by atoms with Crippen LogP contribution in [-0.2, 0) is 0 Å². The first-order valence-electron chi connectivity index (χ1n) is 9.11. The first-order valence-corrected chi connectivity index (χ1v) is 9.11. The van der Waals surface area contributed by atoms with Gasteiger partial charge in [0.25, 0.3) is 0 Å². The summed E-state index contributed by atoms with van der Waals surface area (Å²) in [6.07, 6.45) is 10.4. The Bertz CT molecular complexity index is 265. The Balaban J connectivity index is 0.00000441. The number of likely N-dealkylation sites (tertiary alicyclic amines) is 1. The lowest BCUT2D eigenvalue weighted by molar-refractivity contribution is 0.330. The largest absolute Gasteiger partial charge is 0.357 e. The van der Waals surface area contributed by atoms with Gasteiger partial charge in [-0.1, -0.05) is 26.2 Å². The highest BCUT2D eigenvalue weighted by Crippen LogP contribution is 2.07. The van der Waals surface area contributed by atoms with Gasteiger partial charge in [-0.2, -0.15) is 0 Å². The van der Waals surface area contributed by atoms with Crippen molar-refractivity contribution < 1.29 is 0 Å². The highest BCUT2D eigenvalue weighted by molar-refractivity contribution is 14.0. The first-order chi connectivity index (χ1) is 10.4. The summed E-state index contributed by atoms with van der Waals surface area (Å²) in [5.74, 6) is 0.996. The van der Waals surface area contributed by atoms with Crippen LogP contribution in [0.4, 0.5) is 0 Å². The van der Waals surface area contributed by atoms with Crippen molar-refractivity contribution in [3.05, 3.63) is 0 Å². The normalized spacial score (nSPS) is 15.6. The minimum atomic E-state index is 0. The molecule has 1 saturated heterocycles. The zero-order valence-corrected chi connectivity index (χ0v) is 17.0. The molecule has 1 fully saturated rings. The van der Waals surface area contributed by atoms with E-state index in [0.717, 1.165) is 25.6 Å². The van der Waals surface area contributed by atoms with Crippen molar-refractivity contribution in [3.63, 3.8) is 0 Å². The molecule has 2 N–H and O–H groups in total. The lowest BCUT2D eigenvalue weighted by atomic mass is 10.2. The van der Waals surface area contributed by atoms with E-state index in [9.17, 15) is 0 Å². The van der Waals surface area contributed by atoms with E-state index >= 15 is 0 Å². The van der Waals surface area contributed by atoms with E-state index < -0.39 is 0 Å². The minimum absolute atomic E-state index is 0. The van der Waals surface area contributed by atoms with Crippen molar-refractivity contribution in [1.82, 2.24) is 15.5 Å². The Morgan fingerprint density at radius 2 is 1.73 bits per heavy atom. The van der Waals surface area contributed by atoms with Crippen LogP contribution in [0.25, 0.3) is 0 Å². The van der Waals surface area contributed by atoms with E-state index in [1.165, 1.54) is 71.0 Å². The summed E-state index contributed by atoms with van der Waals surface area (Å²) >= 11 is 0. The SMILES string of the molecule is CCCCCCN=C(NCC)NCCCCN1CCCC1.I. The van der Waals surface area contributed by atoms with Gasteiger partial charge in [0.1, 0.15) is 0 Å². The van der Waals surface area contributed by atoms with Gasteiger partial charge in [0.15, 0.2) is 5.96 Å². The lowest BCUT2D eigenvalue weighted by Gasteiger charge is -2.15. The van der Waals surface area contributed by atoms with Crippen LogP contribution in [0.3, 0.4) is 0 Å². The van der Waals surface area contributed by atoms with Gasteiger partial charge in [-0.25, -0.2) is 0 Å². The van der Waals surface area contributed by atoms with Gasteiger partial charge in [0.05, 0.1) is 0 Å². The molecule has 0 amide bonds. The summed E-state index contributed by atoms with van der Waals surface area (Å²) in [6, 6.07) is 0. The van der Waals surface area contributed by atoms with E-state index in [4.69, 9.17) is 0 Å². The molecule has 1 rings (SSSR count). The number of guanidine groups is 1. The van der Waals surface area contributed by atoms with Crippen LogP contribution in [-0.4, -0.2) is 50.1 Å². The second-order valence-corrected chi connectivity index (χ2v) is 6.00. The standard InChI is InChI=1S/C17H36N4.HI/c1-3-5-6-7-12-19-17(18-4-2)20-13-8-9-14-21-15-10-11-16-21;/h3-16H2,1-2H3,(H2,18,19,20);1H. The molecule has 0 aromatic carbocycles. The molecule has 0 radical (unpaired) electrons. The van der Waals surface area contributed by atoms with Gasteiger partial charge in [-0.15, -0.1) is 24.0 Å². The van der Waals surface area contributed by atoms with Crippen molar-refractivity contribution >= 4 is 29.9 Å². The van der Waals surface area contributed by atoms with Crippen molar-refractivity contribution in [2.24, 2.45) is 4.99 Å². The van der Waals surface area contributed by atoms with Crippen LogP contribution in [0.2, 0.25) is 0 Å². The smallest absolute Gasteiger partial charge is 0.191 e. The summed E-state index contributed by atoms with van der Waals surface area (Å²) in [6.45, 7) is 11.2. The fourth-order valence-electron chi connectivity index (χ4n) is 2.74. The van der Waals surface area contributed by atoms with Gasteiger partial charge in [-0.05, 0) is 58.7 Å². The second kappa shape index (κ2) is 15.8. The first kappa shape index (κ1) is 22.0. The molecule has 0 aliphatic carbocycles. The number of hydrogen-bond acceptors (Lipinski definition) is 2. The summed E-state index contributed by atoms with van der Waals surface area (Å²) < 4.78 is 0. The molecule has 0 spiro atoms. The number of nitrogens with one attached hydrogen (secondary N) is 2. The number of rotatable bonds is 11. The predicted octanol–water partition coefficient (Wildman–Crippen LogP) is 3.62. The lowest BCUT2D eigenvalue weighted by Crippen LogP contribution is -2.38. The maximum Gasteiger partial charge on any atom is 0.191 e. The summed E-state index contributed by atoms with van der Waals surface area (Å²) in [7, 11) is 0. The highest BCUT2D eigenvalue weighted by atomic mass is 127. The van der Waals surface area contributed by atoms with Crippen LogP contribution in [0, 0.1) is 0 Å². The Morgan fingerprint density at radius 3 is 2.41 bits per heavy atom.